The van der Waals surface area contributed by atoms with E-state index < -0.39 is 0 Å². The van der Waals surface area contributed by atoms with E-state index in [1.807, 2.05) is 66.5 Å². The highest BCUT2D eigenvalue weighted by Crippen LogP contribution is 2.23. The van der Waals surface area contributed by atoms with Crippen molar-refractivity contribution in [2.75, 3.05) is 43.5 Å². The molecular weight excluding hydrogens is 342 g/mol. The molecule has 0 spiro atoms. The molecule has 6 heteroatoms. The van der Waals surface area contributed by atoms with Crippen molar-refractivity contribution in [2.45, 2.75) is 12.8 Å². The lowest BCUT2D eigenvalue weighted by molar-refractivity contribution is -0.117. The molecule has 0 aliphatic carbocycles. The first kappa shape index (κ1) is 18.9. The van der Waals surface area contributed by atoms with Crippen LogP contribution in [0.5, 0.6) is 5.75 Å². The minimum atomic E-state index is -0.0813. The Bertz CT molecular complexity index is 762. The summed E-state index contributed by atoms with van der Waals surface area (Å²) in [5, 5.41) is 2.89. The number of hydrogen-bond acceptors (Lipinski definition) is 4. The SMILES string of the molecule is CN(CCOc1ccccc1)CC(=O)Nc1ccc(N2CCCC2=O)cc1. The molecule has 3 rings (SSSR count). The number of likely N-dealkylation sites (N-methyl/N-ethyl adjacent to an activating group) is 1. The van der Waals surface area contributed by atoms with E-state index in [1.54, 1.807) is 4.90 Å². The number of nitrogens with one attached hydrogen (secondary N) is 1. The summed E-state index contributed by atoms with van der Waals surface area (Å²) < 4.78 is 5.64. The number of para-hydroxylation sites is 1. The van der Waals surface area contributed by atoms with Crippen LogP contribution in [0, 0.1) is 0 Å². The van der Waals surface area contributed by atoms with Crippen LogP contribution in [0.1, 0.15) is 12.8 Å². The van der Waals surface area contributed by atoms with Gasteiger partial charge in [-0.05, 0) is 49.9 Å². The maximum atomic E-state index is 12.2. The fraction of sp³-hybridized carbons (Fsp3) is 0.333. The molecule has 1 aliphatic heterocycles. The maximum absolute atomic E-state index is 12.2. The molecule has 6 nitrogen and oxygen atoms in total. The van der Waals surface area contributed by atoms with E-state index in [2.05, 4.69) is 5.32 Å². The lowest BCUT2D eigenvalue weighted by Crippen LogP contribution is -2.33. The molecule has 2 aromatic rings. The molecule has 142 valence electrons. The van der Waals surface area contributed by atoms with Crippen LogP contribution in [0.2, 0.25) is 0 Å². The van der Waals surface area contributed by atoms with Crippen LogP contribution in [0.4, 0.5) is 11.4 Å². The Morgan fingerprint density at radius 1 is 1.15 bits per heavy atom. The normalized spacial score (nSPS) is 13.9. The summed E-state index contributed by atoms with van der Waals surface area (Å²) in [5.74, 6) is 0.903. The van der Waals surface area contributed by atoms with Crippen molar-refractivity contribution >= 4 is 23.2 Å². The summed E-state index contributed by atoms with van der Waals surface area (Å²) in [6, 6.07) is 17.0. The van der Waals surface area contributed by atoms with E-state index in [-0.39, 0.29) is 18.4 Å². The smallest absolute Gasteiger partial charge is 0.238 e. The molecule has 1 heterocycles. The van der Waals surface area contributed by atoms with Gasteiger partial charge in [0.05, 0.1) is 6.54 Å². The third kappa shape index (κ3) is 5.56. The van der Waals surface area contributed by atoms with Gasteiger partial charge in [0.1, 0.15) is 12.4 Å². The highest BCUT2D eigenvalue weighted by atomic mass is 16.5. The third-order valence-electron chi connectivity index (χ3n) is 4.43. The Morgan fingerprint density at radius 2 is 1.89 bits per heavy atom. The summed E-state index contributed by atoms with van der Waals surface area (Å²) in [5.41, 5.74) is 1.61. The van der Waals surface area contributed by atoms with Crippen molar-refractivity contribution in [3.8, 4) is 5.75 Å². The van der Waals surface area contributed by atoms with E-state index in [0.717, 1.165) is 30.1 Å². The number of benzene rings is 2. The molecule has 2 aromatic carbocycles. The number of rotatable bonds is 8. The van der Waals surface area contributed by atoms with Gasteiger partial charge in [0.2, 0.25) is 11.8 Å². The minimum absolute atomic E-state index is 0.0813. The second kappa shape index (κ2) is 9.19. The summed E-state index contributed by atoms with van der Waals surface area (Å²) in [6.45, 7) is 2.22. The standard InChI is InChI=1S/C21H25N3O3/c1-23(14-15-27-19-6-3-2-4-7-19)16-20(25)22-17-9-11-18(12-10-17)24-13-5-8-21(24)26/h2-4,6-7,9-12H,5,8,13-16H2,1H3,(H,22,25). The van der Waals surface area contributed by atoms with Gasteiger partial charge in [-0.15, -0.1) is 0 Å². The van der Waals surface area contributed by atoms with Crippen LogP contribution >= 0.6 is 0 Å². The zero-order valence-corrected chi connectivity index (χ0v) is 15.6. The van der Waals surface area contributed by atoms with E-state index in [4.69, 9.17) is 4.74 Å². The van der Waals surface area contributed by atoms with Crippen LogP contribution in [0.3, 0.4) is 0 Å². The minimum Gasteiger partial charge on any atom is -0.492 e. The predicted molar refractivity (Wildman–Crippen MR) is 106 cm³/mol. The molecule has 0 unspecified atom stereocenters. The van der Waals surface area contributed by atoms with Gasteiger partial charge in [-0.2, -0.15) is 0 Å². The van der Waals surface area contributed by atoms with Crippen molar-refractivity contribution in [3.05, 3.63) is 54.6 Å². The number of carbonyl (C=O) groups is 2. The average Bonchev–Trinajstić information content (AvgIpc) is 3.09. The molecular formula is C21H25N3O3. The number of ether oxygens (including phenoxy) is 1. The van der Waals surface area contributed by atoms with Crippen molar-refractivity contribution < 1.29 is 14.3 Å². The molecule has 1 N–H and O–H groups in total. The maximum Gasteiger partial charge on any atom is 0.238 e. The summed E-state index contributed by atoms with van der Waals surface area (Å²) in [4.78, 5) is 27.7. The number of carbonyl (C=O) groups excluding carboxylic acids is 2. The molecule has 0 bridgehead atoms. The van der Waals surface area contributed by atoms with E-state index >= 15 is 0 Å². The van der Waals surface area contributed by atoms with Crippen LogP contribution < -0.4 is 15.0 Å². The second-order valence-corrected chi connectivity index (χ2v) is 6.64. The molecule has 1 aliphatic rings. The number of hydrogen-bond donors (Lipinski definition) is 1. The highest BCUT2D eigenvalue weighted by molar-refractivity contribution is 5.96. The molecule has 1 fully saturated rings. The fourth-order valence-corrected chi connectivity index (χ4v) is 3.01. The van der Waals surface area contributed by atoms with Crippen LogP contribution in [-0.2, 0) is 9.59 Å². The number of anilines is 2. The zero-order valence-electron chi connectivity index (χ0n) is 15.6. The van der Waals surface area contributed by atoms with Crippen molar-refractivity contribution in [1.29, 1.82) is 0 Å². The molecule has 0 radical (unpaired) electrons. The molecule has 2 amide bonds. The first-order valence-corrected chi connectivity index (χ1v) is 9.18. The second-order valence-electron chi connectivity index (χ2n) is 6.64. The summed E-state index contributed by atoms with van der Waals surface area (Å²) in [6.07, 6.45) is 1.51. The van der Waals surface area contributed by atoms with Crippen LogP contribution in [-0.4, -0.2) is 50.0 Å². The Hall–Kier alpha value is -2.86. The molecule has 27 heavy (non-hydrogen) atoms. The van der Waals surface area contributed by atoms with Gasteiger partial charge in [-0.1, -0.05) is 18.2 Å². The molecule has 0 atom stereocenters. The first-order valence-electron chi connectivity index (χ1n) is 9.18. The molecule has 1 saturated heterocycles. The number of amides is 2. The van der Waals surface area contributed by atoms with Gasteiger partial charge in [-0.3, -0.25) is 14.5 Å². The zero-order chi connectivity index (χ0) is 19.1. The van der Waals surface area contributed by atoms with E-state index in [1.165, 1.54) is 0 Å². The lowest BCUT2D eigenvalue weighted by Gasteiger charge is -2.18. The van der Waals surface area contributed by atoms with E-state index in [0.29, 0.717) is 19.6 Å². The topological polar surface area (TPSA) is 61.9 Å². The van der Waals surface area contributed by atoms with Gasteiger partial charge in [0.15, 0.2) is 0 Å². The van der Waals surface area contributed by atoms with E-state index in [9.17, 15) is 9.59 Å². The number of nitrogens with zero attached hydrogens (tertiary/aromatic N) is 2. The van der Waals surface area contributed by atoms with Gasteiger partial charge >= 0.3 is 0 Å². The monoisotopic (exact) mass is 367 g/mol. The summed E-state index contributed by atoms with van der Waals surface area (Å²) in [7, 11) is 1.88. The van der Waals surface area contributed by atoms with Crippen LogP contribution in [0.25, 0.3) is 0 Å². The molecule has 0 saturated carbocycles. The van der Waals surface area contributed by atoms with Gasteiger partial charge in [0, 0.05) is 30.9 Å². The highest BCUT2D eigenvalue weighted by Gasteiger charge is 2.21. The van der Waals surface area contributed by atoms with Crippen molar-refractivity contribution in [3.63, 3.8) is 0 Å². The molecule has 0 aromatic heterocycles. The quantitative estimate of drug-likeness (QED) is 0.779. The summed E-state index contributed by atoms with van der Waals surface area (Å²) >= 11 is 0. The van der Waals surface area contributed by atoms with Gasteiger partial charge < -0.3 is 15.0 Å². The van der Waals surface area contributed by atoms with Crippen LogP contribution in [0.15, 0.2) is 54.6 Å². The van der Waals surface area contributed by atoms with Gasteiger partial charge in [-0.25, -0.2) is 0 Å². The first-order chi connectivity index (χ1) is 13.1. The predicted octanol–water partition coefficient (Wildman–Crippen LogP) is 2.76. The van der Waals surface area contributed by atoms with Crippen molar-refractivity contribution in [2.24, 2.45) is 0 Å². The Labute approximate surface area is 159 Å². The largest absolute Gasteiger partial charge is 0.492 e. The lowest BCUT2D eigenvalue weighted by atomic mass is 10.2. The Morgan fingerprint density at radius 3 is 2.56 bits per heavy atom. The van der Waals surface area contributed by atoms with Gasteiger partial charge in [0.25, 0.3) is 0 Å². The fourth-order valence-electron chi connectivity index (χ4n) is 3.01. The Kier molecular flexibility index (Phi) is 6.44. The Balaban J connectivity index is 1.41. The van der Waals surface area contributed by atoms with Crippen molar-refractivity contribution in [1.82, 2.24) is 4.90 Å². The third-order valence-corrected chi connectivity index (χ3v) is 4.43. The average molecular weight is 367 g/mol.